The molecule has 1 N–H and O–H groups in total. The Morgan fingerprint density at radius 1 is 0.971 bits per heavy atom. The average molecular weight is 496 g/mol. The molecule has 35 heavy (non-hydrogen) atoms. The molecule has 1 amide bonds. The van der Waals surface area contributed by atoms with Gasteiger partial charge in [0, 0.05) is 44.8 Å². The van der Waals surface area contributed by atoms with E-state index in [0.29, 0.717) is 25.2 Å². The second-order valence-electron chi connectivity index (χ2n) is 8.95. The third-order valence-corrected chi connectivity index (χ3v) is 8.48. The molecule has 2 aliphatic heterocycles. The van der Waals surface area contributed by atoms with Crippen molar-refractivity contribution >= 4 is 15.9 Å². The number of hydrogen-bond acceptors (Lipinski definition) is 7. The highest BCUT2D eigenvalue weighted by molar-refractivity contribution is 7.89. The number of benzene rings is 2. The molecule has 1 aromatic heterocycles. The summed E-state index contributed by atoms with van der Waals surface area (Å²) in [6, 6.07) is 14.8. The Kier molecular flexibility index (Phi) is 6.94. The molecule has 1 saturated heterocycles. The van der Waals surface area contributed by atoms with Gasteiger partial charge in [-0.05, 0) is 61.1 Å². The summed E-state index contributed by atoms with van der Waals surface area (Å²) in [6.45, 7) is 4.48. The van der Waals surface area contributed by atoms with Crippen molar-refractivity contribution in [2.45, 2.75) is 37.1 Å². The molecule has 0 bridgehead atoms. The monoisotopic (exact) mass is 495 g/mol. The van der Waals surface area contributed by atoms with Gasteiger partial charge in [0.15, 0.2) is 0 Å². The van der Waals surface area contributed by atoms with Crippen LogP contribution >= 0.6 is 0 Å². The number of hydrogen-bond donors (Lipinski definition) is 1. The van der Waals surface area contributed by atoms with E-state index >= 15 is 0 Å². The number of nitrogens with zero attached hydrogens (tertiary/aromatic N) is 4. The molecule has 0 atom stereocenters. The van der Waals surface area contributed by atoms with Crippen molar-refractivity contribution in [3.8, 4) is 11.5 Å². The van der Waals surface area contributed by atoms with Crippen LogP contribution in [0.25, 0.3) is 11.5 Å². The summed E-state index contributed by atoms with van der Waals surface area (Å²) < 4.78 is 32.4. The number of aromatic nitrogens is 2. The summed E-state index contributed by atoms with van der Waals surface area (Å²) in [5.74, 6) is -0.353. The van der Waals surface area contributed by atoms with E-state index in [-0.39, 0.29) is 16.7 Å². The molecule has 0 unspecified atom stereocenters. The van der Waals surface area contributed by atoms with Gasteiger partial charge in [0.2, 0.25) is 15.9 Å². The molecule has 0 spiro atoms. The first-order valence-corrected chi connectivity index (χ1v) is 13.5. The lowest BCUT2D eigenvalue weighted by Gasteiger charge is -2.28. The van der Waals surface area contributed by atoms with Crippen LogP contribution in [0.5, 0.6) is 0 Å². The van der Waals surface area contributed by atoms with Crippen LogP contribution in [0, 0.1) is 0 Å². The molecule has 9 nitrogen and oxygen atoms in total. The first kappa shape index (κ1) is 23.7. The van der Waals surface area contributed by atoms with Crippen LogP contribution in [0.4, 0.5) is 0 Å². The van der Waals surface area contributed by atoms with Gasteiger partial charge >= 0.3 is 11.8 Å². The number of nitrogens with one attached hydrogen (secondary N) is 1. The smallest absolute Gasteiger partial charge is 0.308 e. The van der Waals surface area contributed by atoms with Gasteiger partial charge in [0.1, 0.15) is 0 Å². The molecule has 0 aliphatic carbocycles. The van der Waals surface area contributed by atoms with Crippen LogP contribution in [0.2, 0.25) is 0 Å². The summed E-state index contributed by atoms with van der Waals surface area (Å²) in [5.41, 5.74) is 3.36. The zero-order valence-electron chi connectivity index (χ0n) is 19.5. The van der Waals surface area contributed by atoms with E-state index in [1.165, 1.54) is 27.6 Å². The van der Waals surface area contributed by atoms with Crippen LogP contribution in [0.1, 0.15) is 41.1 Å². The number of carbonyl (C=O) groups is 1. The Hall–Kier alpha value is -3.08. The summed E-state index contributed by atoms with van der Waals surface area (Å²) in [6.07, 6.45) is 3.65. The summed E-state index contributed by atoms with van der Waals surface area (Å²) in [5, 5.41) is 10.6. The molecule has 0 radical (unpaired) electrons. The molecule has 5 rings (SSSR count). The third-order valence-electron chi connectivity index (χ3n) is 6.57. The quantitative estimate of drug-likeness (QED) is 0.479. The maximum absolute atomic E-state index is 12.7. The molecule has 3 aromatic rings. The highest BCUT2D eigenvalue weighted by Crippen LogP contribution is 2.24. The van der Waals surface area contributed by atoms with E-state index in [4.69, 9.17) is 4.42 Å². The van der Waals surface area contributed by atoms with Gasteiger partial charge in [0.25, 0.3) is 0 Å². The SMILES string of the molecule is O=C(NCCCN1CCc2ccccc2C1)c1nnc(-c2ccc(S(=O)(=O)N3CCCC3)cc2)o1. The minimum Gasteiger partial charge on any atom is -0.412 e. The first-order chi connectivity index (χ1) is 17.0. The molecular weight excluding hydrogens is 466 g/mol. The van der Waals surface area contributed by atoms with Crippen molar-refractivity contribution in [2.75, 3.05) is 32.7 Å². The van der Waals surface area contributed by atoms with E-state index < -0.39 is 15.9 Å². The highest BCUT2D eigenvalue weighted by atomic mass is 32.2. The molecular formula is C25H29N5O4S. The lowest BCUT2D eigenvalue weighted by Crippen LogP contribution is -2.33. The molecule has 184 valence electrons. The van der Waals surface area contributed by atoms with E-state index in [2.05, 4.69) is 44.7 Å². The van der Waals surface area contributed by atoms with Crippen molar-refractivity contribution < 1.29 is 17.6 Å². The zero-order valence-corrected chi connectivity index (χ0v) is 20.3. The highest BCUT2D eigenvalue weighted by Gasteiger charge is 2.27. The van der Waals surface area contributed by atoms with Crippen molar-refractivity contribution in [3.05, 3.63) is 65.5 Å². The number of amides is 1. The standard InChI is InChI=1S/C25H29N5O4S/c31-23(26-13-5-14-29-17-12-19-6-1-2-7-21(19)18-29)25-28-27-24(34-25)20-8-10-22(11-9-20)35(32,33)30-15-3-4-16-30/h1-2,6-11H,3-5,12-18H2,(H,26,31). The van der Waals surface area contributed by atoms with Gasteiger partial charge in [-0.1, -0.05) is 24.3 Å². The molecule has 10 heteroatoms. The van der Waals surface area contributed by atoms with Gasteiger partial charge in [0.05, 0.1) is 4.90 Å². The van der Waals surface area contributed by atoms with Crippen LogP contribution in [0.15, 0.2) is 57.8 Å². The minimum atomic E-state index is -3.48. The molecule has 0 saturated carbocycles. The van der Waals surface area contributed by atoms with E-state index in [9.17, 15) is 13.2 Å². The van der Waals surface area contributed by atoms with Crippen LogP contribution in [-0.2, 0) is 23.0 Å². The van der Waals surface area contributed by atoms with Crippen molar-refractivity contribution in [1.29, 1.82) is 0 Å². The van der Waals surface area contributed by atoms with Crippen molar-refractivity contribution in [3.63, 3.8) is 0 Å². The fourth-order valence-corrected chi connectivity index (χ4v) is 6.12. The Bertz CT molecular complexity index is 1280. The number of sulfonamides is 1. The van der Waals surface area contributed by atoms with Crippen LogP contribution in [0.3, 0.4) is 0 Å². The minimum absolute atomic E-state index is 0.110. The van der Waals surface area contributed by atoms with E-state index in [0.717, 1.165) is 45.3 Å². The zero-order chi connectivity index (χ0) is 24.3. The predicted molar refractivity (Wildman–Crippen MR) is 130 cm³/mol. The number of fused-ring (bicyclic) bond motifs is 1. The Balaban J connectivity index is 1.11. The number of rotatable bonds is 8. The Morgan fingerprint density at radius 2 is 1.71 bits per heavy atom. The molecule has 1 fully saturated rings. The van der Waals surface area contributed by atoms with E-state index in [1.807, 2.05) is 0 Å². The van der Waals surface area contributed by atoms with Gasteiger partial charge in [-0.2, -0.15) is 4.31 Å². The van der Waals surface area contributed by atoms with Gasteiger partial charge in [-0.3, -0.25) is 9.69 Å². The first-order valence-electron chi connectivity index (χ1n) is 12.0. The topological polar surface area (TPSA) is 109 Å². The molecule has 2 aliphatic rings. The van der Waals surface area contributed by atoms with Crippen molar-refractivity contribution in [1.82, 2.24) is 24.7 Å². The second-order valence-corrected chi connectivity index (χ2v) is 10.9. The lowest BCUT2D eigenvalue weighted by atomic mass is 10.00. The lowest BCUT2D eigenvalue weighted by molar-refractivity contribution is 0.0917. The summed E-state index contributed by atoms with van der Waals surface area (Å²) in [4.78, 5) is 15.1. The average Bonchev–Trinajstić information content (AvgIpc) is 3.60. The summed E-state index contributed by atoms with van der Waals surface area (Å²) >= 11 is 0. The normalized spacial score (nSPS) is 16.8. The second kappa shape index (κ2) is 10.3. The molecule has 3 heterocycles. The van der Waals surface area contributed by atoms with Crippen LogP contribution < -0.4 is 5.32 Å². The van der Waals surface area contributed by atoms with Gasteiger partial charge in [-0.25, -0.2) is 8.42 Å². The Labute approximate surface area is 205 Å². The largest absolute Gasteiger partial charge is 0.412 e. The van der Waals surface area contributed by atoms with E-state index in [1.54, 1.807) is 12.1 Å². The van der Waals surface area contributed by atoms with Crippen molar-refractivity contribution in [2.24, 2.45) is 0 Å². The fourth-order valence-electron chi connectivity index (χ4n) is 4.60. The number of carbonyl (C=O) groups excluding carboxylic acids is 1. The maximum Gasteiger partial charge on any atom is 0.308 e. The third kappa shape index (κ3) is 5.29. The predicted octanol–water partition coefficient (Wildman–Crippen LogP) is 2.70. The maximum atomic E-state index is 12.7. The van der Waals surface area contributed by atoms with Crippen LogP contribution in [-0.4, -0.2) is 66.5 Å². The van der Waals surface area contributed by atoms with Gasteiger partial charge < -0.3 is 9.73 Å². The van der Waals surface area contributed by atoms with Gasteiger partial charge in [-0.15, -0.1) is 10.2 Å². The molecule has 2 aromatic carbocycles. The summed E-state index contributed by atoms with van der Waals surface area (Å²) in [7, 11) is -3.48. The fraction of sp³-hybridized carbons (Fsp3) is 0.400. The Morgan fingerprint density at radius 3 is 2.49 bits per heavy atom.